The van der Waals surface area contributed by atoms with Crippen LogP contribution in [-0.4, -0.2) is 38.7 Å². The second-order valence-corrected chi connectivity index (χ2v) is 10.1. The van der Waals surface area contributed by atoms with Gasteiger partial charge in [-0.15, -0.1) is 0 Å². The van der Waals surface area contributed by atoms with Gasteiger partial charge in [0, 0.05) is 41.3 Å². The third-order valence-corrected chi connectivity index (χ3v) is 5.75. The number of nitrogens with one attached hydrogen (secondary N) is 2. The Labute approximate surface area is 216 Å². The van der Waals surface area contributed by atoms with Crippen molar-refractivity contribution in [2.24, 2.45) is 16.6 Å². The van der Waals surface area contributed by atoms with E-state index < -0.39 is 0 Å². The van der Waals surface area contributed by atoms with Gasteiger partial charge in [0.15, 0.2) is 0 Å². The third-order valence-electron chi connectivity index (χ3n) is 5.75. The second kappa shape index (κ2) is 10.7. The topological polar surface area (TPSA) is 135 Å². The Bertz CT molecular complexity index is 1390. The van der Waals surface area contributed by atoms with Crippen LogP contribution in [0.25, 0.3) is 22.4 Å². The molecule has 0 radical (unpaired) electrons. The third kappa shape index (κ3) is 6.84. The van der Waals surface area contributed by atoms with Gasteiger partial charge < -0.3 is 16.4 Å². The lowest BCUT2D eigenvalue weighted by molar-refractivity contribution is -0.117. The number of aromatic nitrogens is 3. The highest BCUT2D eigenvalue weighted by molar-refractivity contribution is 6.17. The number of rotatable bonds is 7. The molecule has 4 rings (SSSR count). The number of hydrogen-bond acceptors (Lipinski definition) is 7. The number of amides is 2. The Balaban J connectivity index is 1.56. The minimum absolute atomic E-state index is 0.00463. The number of anilines is 2. The predicted molar refractivity (Wildman–Crippen MR) is 146 cm³/mol. The van der Waals surface area contributed by atoms with Crippen LogP contribution in [-0.2, 0) is 9.59 Å². The van der Waals surface area contributed by atoms with Gasteiger partial charge in [-0.05, 0) is 82.0 Å². The maximum absolute atomic E-state index is 12.8. The number of benzene rings is 1. The van der Waals surface area contributed by atoms with Gasteiger partial charge in [-0.2, -0.15) is 10.2 Å². The molecule has 0 atom stereocenters. The molecule has 0 bridgehead atoms. The summed E-state index contributed by atoms with van der Waals surface area (Å²) in [5.74, 6) is 0.248. The molecule has 2 aromatic heterocycles. The van der Waals surface area contributed by atoms with Crippen LogP contribution in [0.2, 0.25) is 0 Å². The normalized spacial score (nSPS) is 14.0. The number of hydrogen-bond donors (Lipinski definition) is 3. The lowest BCUT2D eigenvalue weighted by Crippen LogP contribution is -2.18. The van der Waals surface area contributed by atoms with E-state index in [9.17, 15) is 9.59 Å². The number of nitrogens with two attached hydrogens (primary N) is 1. The molecule has 190 valence electrons. The first-order chi connectivity index (χ1) is 17.6. The van der Waals surface area contributed by atoms with Gasteiger partial charge in [-0.1, -0.05) is 6.07 Å². The number of carbonyl (C=O) groups excluding carboxylic acids is 2. The molecule has 0 unspecified atom stereocenters. The summed E-state index contributed by atoms with van der Waals surface area (Å²) in [6.45, 7) is 7.78. The summed E-state index contributed by atoms with van der Waals surface area (Å²) in [5, 5.41) is 14.3. The zero-order valence-corrected chi connectivity index (χ0v) is 21.4. The summed E-state index contributed by atoms with van der Waals surface area (Å²) in [6.07, 6.45) is 7.90. The molecule has 1 aliphatic rings. The fourth-order valence-corrected chi connectivity index (χ4v) is 3.53. The zero-order chi connectivity index (χ0) is 26.6. The highest BCUT2D eigenvalue weighted by atomic mass is 16.2. The van der Waals surface area contributed by atoms with Crippen molar-refractivity contribution in [1.29, 1.82) is 0 Å². The number of nitrogens with zero attached hydrogens (tertiary/aromatic N) is 4. The summed E-state index contributed by atoms with van der Waals surface area (Å²) in [6, 6.07) is 11.2. The van der Waals surface area contributed by atoms with Crippen molar-refractivity contribution in [2.45, 2.75) is 46.1 Å². The van der Waals surface area contributed by atoms with Crippen molar-refractivity contribution in [3.63, 3.8) is 0 Å². The standard InChI is InChI=1S/C28H31N7O2/c1-17-5-8-22(33-27(37)21(14-29)15-31-28(2,3)4)13-23(17)24-11-20(16-32-35-24)19-9-10-30-25(12-19)34-26(36)18-6-7-18/h5,8-16,18H,6-7,29H2,1-4H3,(H,33,37)(H,30,34,36)/b21-14+,31-15?. The van der Waals surface area contributed by atoms with Crippen LogP contribution in [0.1, 0.15) is 39.2 Å². The van der Waals surface area contributed by atoms with Crippen LogP contribution in [0.4, 0.5) is 11.5 Å². The Morgan fingerprint density at radius 3 is 2.57 bits per heavy atom. The molecule has 9 heteroatoms. The second-order valence-electron chi connectivity index (χ2n) is 10.1. The van der Waals surface area contributed by atoms with E-state index in [4.69, 9.17) is 5.73 Å². The zero-order valence-electron chi connectivity index (χ0n) is 21.4. The highest BCUT2D eigenvalue weighted by Crippen LogP contribution is 2.31. The summed E-state index contributed by atoms with van der Waals surface area (Å²) >= 11 is 0. The first-order valence-electron chi connectivity index (χ1n) is 12.1. The average molecular weight is 498 g/mol. The van der Waals surface area contributed by atoms with E-state index in [1.807, 2.05) is 64.1 Å². The van der Waals surface area contributed by atoms with Crippen LogP contribution < -0.4 is 16.4 Å². The van der Waals surface area contributed by atoms with Crippen molar-refractivity contribution < 1.29 is 9.59 Å². The Morgan fingerprint density at radius 1 is 1.08 bits per heavy atom. The molecular weight excluding hydrogens is 466 g/mol. The van der Waals surface area contributed by atoms with Gasteiger partial charge >= 0.3 is 0 Å². The smallest absolute Gasteiger partial charge is 0.258 e. The van der Waals surface area contributed by atoms with Gasteiger partial charge in [-0.3, -0.25) is 14.6 Å². The minimum Gasteiger partial charge on any atom is -0.404 e. The fraction of sp³-hybridized carbons (Fsp3) is 0.286. The summed E-state index contributed by atoms with van der Waals surface area (Å²) in [4.78, 5) is 33.5. The van der Waals surface area contributed by atoms with Gasteiger partial charge in [-0.25, -0.2) is 4.98 Å². The molecule has 37 heavy (non-hydrogen) atoms. The largest absolute Gasteiger partial charge is 0.404 e. The number of aliphatic imine (C=N–C) groups is 1. The molecule has 3 aromatic rings. The quantitative estimate of drug-likeness (QED) is 0.325. The maximum atomic E-state index is 12.8. The summed E-state index contributed by atoms with van der Waals surface area (Å²) in [5.41, 5.74) is 10.3. The molecule has 1 saturated carbocycles. The van der Waals surface area contributed by atoms with Gasteiger partial charge in [0.05, 0.1) is 23.0 Å². The Kier molecular flexibility index (Phi) is 7.42. The van der Waals surface area contributed by atoms with Crippen LogP contribution in [0, 0.1) is 12.8 Å². The van der Waals surface area contributed by atoms with E-state index in [2.05, 4.69) is 30.8 Å². The van der Waals surface area contributed by atoms with Crippen LogP contribution in [0.3, 0.4) is 0 Å². The van der Waals surface area contributed by atoms with Gasteiger partial charge in [0.2, 0.25) is 5.91 Å². The van der Waals surface area contributed by atoms with E-state index in [0.29, 0.717) is 17.2 Å². The minimum atomic E-state index is -0.359. The van der Waals surface area contributed by atoms with Gasteiger partial charge in [0.1, 0.15) is 5.82 Å². The number of aryl methyl sites for hydroxylation is 1. The molecule has 4 N–H and O–H groups in total. The highest BCUT2D eigenvalue weighted by Gasteiger charge is 2.29. The van der Waals surface area contributed by atoms with Crippen LogP contribution in [0.5, 0.6) is 0 Å². The first kappa shape index (κ1) is 25.7. The van der Waals surface area contributed by atoms with Crippen molar-refractivity contribution in [3.05, 3.63) is 66.1 Å². The molecular formula is C28H31N7O2. The molecule has 2 heterocycles. The van der Waals surface area contributed by atoms with E-state index >= 15 is 0 Å². The van der Waals surface area contributed by atoms with Crippen LogP contribution >= 0.6 is 0 Å². The molecule has 9 nitrogen and oxygen atoms in total. The van der Waals surface area contributed by atoms with E-state index in [-0.39, 0.29) is 28.8 Å². The Hall–Kier alpha value is -4.40. The molecule has 1 aromatic carbocycles. The Morgan fingerprint density at radius 2 is 1.86 bits per heavy atom. The van der Waals surface area contributed by atoms with Crippen molar-refractivity contribution >= 4 is 29.5 Å². The lowest BCUT2D eigenvalue weighted by atomic mass is 10.0. The lowest BCUT2D eigenvalue weighted by Gasteiger charge is -2.13. The molecule has 1 aliphatic carbocycles. The molecule has 2 amide bonds. The van der Waals surface area contributed by atoms with Crippen molar-refractivity contribution in [1.82, 2.24) is 15.2 Å². The molecule has 0 saturated heterocycles. The maximum Gasteiger partial charge on any atom is 0.258 e. The number of carbonyl (C=O) groups is 2. The predicted octanol–water partition coefficient (Wildman–Crippen LogP) is 4.51. The summed E-state index contributed by atoms with van der Waals surface area (Å²) < 4.78 is 0. The van der Waals surface area contributed by atoms with Crippen molar-refractivity contribution in [2.75, 3.05) is 10.6 Å². The van der Waals surface area contributed by atoms with E-state index in [1.165, 1.54) is 12.4 Å². The number of pyridine rings is 1. The average Bonchev–Trinajstić information content (AvgIpc) is 3.71. The SMILES string of the molecule is Cc1ccc(NC(=O)/C(C=NC(C)(C)C)=C/N)cc1-c1cc(-c2ccnc(NC(=O)C3CC3)c2)cnn1. The van der Waals surface area contributed by atoms with E-state index in [1.54, 1.807) is 12.4 Å². The molecule has 1 fully saturated rings. The molecule has 0 spiro atoms. The molecule has 0 aliphatic heterocycles. The van der Waals surface area contributed by atoms with Gasteiger partial charge in [0.25, 0.3) is 5.91 Å². The summed E-state index contributed by atoms with van der Waals surface area (Å²) in [7, 11) is 0. The van der Waals surface area contributed by atoms with Crippen LogP contribution in [0.15, 0.2) is 65.6 Å². The monoisotopic (exact) mass is 497 g/mol. The fourth-order valence-electron chi connectivity index (χ4n) is 3.53. The van der Waals surface area contributed by atoms with E-state index in [0.717, 1.165) is 35.1 Å². The first-order valence-corrected chi connectivity index (χ1v) is 12.1. The van der Waals surface area contributed by atoms with Crippen molar-refractivity contribution in [3.8, 4) is 22.4 Å².